The van der Waals surface area contributed by atoms with Crippen LogP contribution in [0.5, 0.6) is 0 Å². The Hall–Kier alpha value is -1.60. The predicted molar refractivity (Wildman–Crippen MR) is 85.8 cm³/mol. The minimum atomic E-state index is 0.621. The molecule has 0 amide bonds. The molecule has 22 heavy (non-hydrogen) atoms. The summed E-state index contributed by atoms with van der Waals surface area (Å²) < 4.78 is 7.47. The summed E-state index contributed by atoms with van der Waals surface area (Å²) in [7, 11) is 3.86. The third-order valence-electron chi connectivity index (χ3n) is 4.56. The number of morpholine rings is 1. The summed E-state index contributed by atoms with van der Waals surface area (Å²) in [5.41, 5.74) is 0. The van der Waals surface area contributed by atoms with Gasteiger partial charge in [-0.3, -0.25) is 9.89 Å². The van der Waals surface area contributed by atoms with Crippen molar-refractivity contribution in [2.24, 2.45) is 12.0 Å². The van der Waals surface area contributed by atoms with E-state index in [4.69, 9.17) is 4.74 Å². The molecular formula is C15H26N6O. The van der Waals surface area contributed by atoms with Gasteiger partial charge in [0.05, 0.1) is 19.8 Å². The Balaban J connectivity index is 1.52. The maximum Gasteiger partial charge on any atom is 0.194 e. The number of nitrogens with zero attached hydrogens (tertiary/aromatic N) is 5. The summed E-state index contributed by atoms with van der Waals surface area (Å²) in [6.07, 6.45) is 4.98. The molecule has 1 N–H and O–H groups in total. The number of imidazole rings is 1. The molecule has 2 aliphatic heterocycles. The molecule has 0 saturated carbocycles. The van der Waals surface area contributed by atoms with Gasteiger partial charge in [-0.25, -0.2) is 4.98 Å². The standard InChI is InChI=1S/C15H26N6O/c1-16-15(18-11-14-17-4-6-19(14)2)21-5-3-13(12-21)20-7-9-22-10-8-20/h4,6,13H,3,5,7-12H2,1-2H3,(H,16,18). The lowest BCUT2D eigenvalue weighted by atomic mass is 10.2. The predicted octanol–water partition coefficient (Wildman–Crippen LogP) is -0.0980. The van der Waals surface area contributed by atoms with Gasteiger partial charge in [0, 0.05) is 58.7 Å². The Morgan fingerprint density at radius 1 is 1.41 bits per heavy atom. The van der Waals surface area contributed by atoms with Crippen LogP contribution in [0, 0.1) is 0 Å². The highest BCUT2D eigenvalue weighted by molar-refractivity contribution is 5.80. The van der Waals surface area contributed by atoms with Gasteiger partial charge in [0.15, 0.2) is 5.96 Å². The van der Waals surface area contributed by atoms with E-state index >= 15 is 0 Å². The van der Waals surface area contributed by atoms with Crippen LogP contribution < -0.4 is 5.32 Å². The smallest absolute Gasteiger partial charge is 0.194 e. The van der Waals surface area contributed by atoms with E-state index in [0.717, 1.165) is 51.2 Å². The highest BCUT2D eigenvalue weighted by Gasteiger charge is 2.30. The van der Waals surface area contributed by atoms with E-state index < -0.39 is 0 Å². The molecular weight excluding hydrogens is 280 g/mol. The van der Waals surface area contributed by atoms with Crippen LogP contribution in [0.4, 0.5) is 0 Å². The summed E-state index contributed by atoms with van der Waals surface area (Å²) in [4.78, 5) is 13.7. The van der Waals surface area contributed by atoms with Gasteiger partial charge in [-0.1, -0.05) is 0 Å². The van der Waals surface area contributed by atoms with Crippen molar-refractivity contribution in [3.8, 4) is 0 Å². The average molecular weight is 306 g/mol. The number of hydrogen-bond acceptors (Lipinski definition) is 4. The second-order valence-corrected chi connectivity index (χ2v) is 5.89. The molecule has 2 saturated heterocycles. The molecule has 1 unspecified atom stereocenters. The van der Waals surface area contributed by atoms with Gasteiger partial charge in [-0.15, -0.1) is 0 Å². The van der Waals surface area contributed by atoms with Gasteiger partial charge in [0.25, 0.3) is 0 Å². The van der Waals surface area contributed by atoms with Crippen molar-refractivity contribution < 1.29 is 4.74 Å². The second kappa shape index (κ2) is 7.11. The highest BCUT2D eigenvalue weighted by Crippen LogP contribution is 2.17. The largest absolute Gasteiger partial charge is 0.379 e. The molecule has 3 rings (SSSR count). The SMILES string of the molecule is CN=C(NCc1nccn1C)N1CCC(N2CCOCC2)C1. The Morgan fingerprint density at radius 2 is 2.23 bits per heavy atom. The van der Waals surface area contributed by atoms with Gasteiger partial charge < -0.3 is 19.5 Å². The van der Waals surface area contributed by atoms with Gasteiger partial charge in [0.2, 0.25) is 0 Å². The zero-order valence-corrected chi connectivity index (χ0v) is 13.5. The topological polar surface area (TPSA) is 57.9 Å². The number of aryl methyl sites for hydroxylation is 1. The molecule has 3 heterocycles. The van der Waals surface area contributed by atoms with Crippen LogP contribution in [0.3, 0.4) is 0 Å². The van der Waals surface area contributed by atoms with Crippen LogP contribution in [0.15, 0.2) is 17.4 Å². The Bertz CT molecular complexity index is 508. The summed E-state index contributed by atoms with van der Waals surface area (Å²) in [5.74, 6) is 1.99. The van der Waals surface area contributed by atoms with Crippen LogP contribution in [0.25, 0.3) is 0 Å². The average Bonchev–Trinajstić information content (AvgIpc) is 3.19. The Kier molecular flexibility index (Phi) is 4.94. The van der Waals surface area contributed by atoms with Crippen molar-refractivity contribution in [1.29, 1.82) is 0 Å². The lowest BCUT2D eigenvalue weighted by Crippen LogP contribution is -2.46. The molecule has 0 radical (unpaired) electrons. The van der Waals surface area contributed by atoms with E-state index in [0.29, 0.717) is 12.6 Å². The number of guanidine groups is 1. The van der Waals surface area contributed by atoms with E-state index in [1.165, 1.54) is 6.42 Å². The molecule has 1 aromatic heterocycles. The summed E-state index contributed by atoms with van der Waals surface area (Å²) in [6.45, 7) is 6.64. The number of aromatic nitrogens is 2. The zero-order chi connectivity index (χ0) is 15.4. The molecule has 0 spiro atoms. The maximum absolute atomic E-state index is 5.45. The fourth-order valence-electron chi connectivity index (χ4n) is 3.23. The number of aliphatic imine (C=N–C) groups is 1. The Morgan fingerprint density at radius 3 is 2.91 bits per heavy atom. The lowest BCUT2D eigenvalue weighted by molar-refractivity contribution is 0.0195. The Labute approximate surface area is 132 Å². The monoisotopic (exact) mass is 306 g/mol. The minimum Gasteiger partial charge on any atom is -0.379 e. The fourth-order valence-corrected chi connectivity index (χ4v) is 3.23. The van der Waals surface area contributed by atoms with Crippen molar-refractivity contribution in [3.63, 3.8) is 0 Å². The molecule has 0 aromatic carbocycles. The van der Waals surface area contributed by atoms with Crippen molar-refractivity contribution >= 4 is 5.96 Å². The summed E-state index contributed by atoms with van der Waals surface area (Å²) in [6, 6.07) is 0.621. The summed E-state index contributed by atoms with van der Waals surface area (Å²) >= 11 is 0. The van der Waals surface area contributed by atoms with Crippen molar-refractivity contribution in [2.45, 2.75) is 19.0 Å². The van der Waals surface area contributed by atoms with Crippen LogP contribution in [0.1, 0.15) is 12.2 Å². The first-order valence-electron chi connectivity index (χ1n) is 8.01. The molecule has 122 valence electrons. The normalized spacial score (nSPS) is 24.0. The van der Waals surface area contributed by atoms with E-state index in [1.807, 2.05) is 31.1 Å². The first kappa shape index (κ1) is 15.3. The van der Waals surface area contributed by atoms with Gasteiger partial charge in [0.1, 0.15) is 5.82 Å². The molecule has 1 aromatic rings. The third kappa shape index (κ3) is 3.41. The fraction of sp³-hybridized carbons (Fsp3) is 0.733. The molecule has 2 fully saturated rings. The van der Waals surface area contributed by atoms with E-state index in [2.05, 4.69) is 25.1 Å². The van der Waals surface area contributed by atoms with E-state index in [9.17, 15) is 0 Å². The lowest BCUT2D eigenvalue weighted by Gasteiger charge is -2.32. The second-order valence-electron chi connectivity index (χ2n) is 5.89. The van der Waals surface area contributed by atoms with Gasteiger partial charge in [-0.05, 0) is 6.42 Å². The third-order valence-corrected chi connectivity index (χ3v) is 4.56. The van der Waals surface area contributed by atoms with Crippen LogP contribution in [0.2, 0.25) is 0 Å². The molecule has 0 aliphatic carbocycles. The van der Waals surface area contributed by atoms with Crippen LogP contribution in [-0.2, 0) is 18.3 Å². The van der Waals surface area contributed by atoms with Gasteiger partial charge >= 0.3 is 0 Å². The van der Waals surface area contributed by atoms with Crippen molar-refractivity contribution in [1.82, 2.24) is 24.7 Å². The zero-order valence-electron chi connectivity index (χ0n) is 13.5. The number of nitrogens with one attached hydrogen (secondary N) is 1. The minimum absolute atomic E-state index is 0.621. The van der Waals surface area contributed by atoms with E-state index in [-0.39, 0.29) is 0 Å². The quantitative estimate of drug-likeness (QED) is 0.624. The number of hydrogen-bond donors (Lipinski definition) is 1. The molecule has 7 nitrogen and oxygen atoms in total. The van der Waals surface area contributed by atoms with Gasteiger partial charge in [-0.2, -0.15) is 0 Å². The maximum atomic E-state index is 5.45. The summed E-state index contributed by atoms with van der Waals surface area (Å²) in [5, 5.41) is 3.43. The first-order valence-corrected chi connectivity index (χ1v) is 8.01. The highest BCUT2D eigenvalue weighted by atomic mass is 16.5. The first-order chi connectivity index (χ1) is 10.8. The van der Waals surface area contributed by atoms with Crippen molar-refractivity contribution in [3.05, 3.63) is 18.2 Å². The van der Waals surface area contributed by atoms with Crippen molar-refractivity contribution in [2.75, 3.05) is 46.4 Å². The molecule has 1 atom stereocenters. The number of rotatable bonds is 3. The number of ether oxygens (including phenoxy) is 1. The van der Waals surface area contributed by atoms with Crippen LogP contribution in [-0.4, -0.2) is 77.8 Å². The molecule has 0 bridgehead atoms. The molecule has 2 aliphatic rings. The van der Waals surface area contributed by atoms with E-state index in [1.54, 1.807) is 0 Å². The van der Waals surface area contributed by atoms with Crippen LogP contribution >= 0.6 is 0 Å². The number of likely N-dealkylation sites (tertiary alicyclic amines) is 1. The molecule has 7 heteroatoms.